The number of H-pyrrole nitrogens is 1. The third kappa shape index (κ3) is 2.27. The van der Waals surface area contributed by atoms with Crippen molar-refractivity contribution in [2.24, 2.45) is 0 Å². The first-order chi connectivity index (χ1) is 7.13. The highest BCUT2D eigenvalue weighted by Gasteiger charge is 2.11. The van der Waals surface area contributed by atoms with Crippen molar-refractivity contribution in [1.29, 1.82) is 0 Å². The highest BCUT2D eigenvalue weighted by Crippen LogP contribution is 2.25. The minimum atomic E-state index is 1.00. The summed E-state index contributed by atoms with van der Waals surface area (Å²) >= 11 is 4.24. The van der Waals surface area contributed by atoms with Gasteiger partial charge in [0.15, 0.2) is 0 Å². The molecule has 0 aliphatic carbocycles. The molecule has 5 heteroatoms. The highest BCUT2D eigenvalue weighted by atomic mass is 128. The number of rotatable bonds is 0. The Bertz CT molecular complexity index is 435. The van der Waals surface area contributed by atoms with Crippen molar-refractivity contribution in [3.8, 4) is 0 Å². The van der Waals surface area contributed by atoms with Crippen LogP contribution in [0, 0.1) is 27.7 Å². The van der Waals surface area contributed by atoms with Gasteiger partial charge in [-0.2, -0.15) is 15.4 Å². The van der Waals surface area contributed by atoms with E-state index in [1.165, 1.54) is 22.3 Å². The Morgan fingerprint density at radius 3 is 1.40 bits per heavy atom. The van der Waals surface area contributed by atoms with Gasteiger partial charge in [-0.3, -0.25) is 0 Å². The fourth-order valence-corrected chi connectivity index (χ4v) is 1.67. The summed E-state index contributed by atoms with van der Waals surface area (Å²) in [5.41, 5.74) is 7.10. The zero-order valence-corrected chi connectivity index (χ0v) is 13.5. The van der Waals surface area contributed by atoms with Crippen LogP contribution in [0.4, 0.5) is 0 Å². The van der Waals surface area contributed by atoms with Crippen molar-refractivity contribution in [3.63, 3.8) is 0 Å². The van der Waals surface area contributed by atoms with E-state index in [2.05, 4.69) is 80.3 Å². The number of fused-ring (bicyclic) bond motifs is 1. The van der Waals surface area contributed by atoms with Crippen LogP contribution in [0.25, 0.3) is 11.0 Å². The van der Waals surface area contributed by atoms with E-state index in [0.717, 1.165) is 11.0 Å². The first-order valence-electron chi connectivity index (χ1n) is 4.54. The number of nitrogens with zero attached hydrogens (tertiary/aromatic N) is 2. The molecule has 15 heavy (non-hydrogen) atoms. The van der Waals surface area contributed by atoms with E-state index in [4.69, 9.17) is 0 Å². The lowest BCUT2D eigenvalue weighted by Gasteiger charge is -2.07. The molecular formula is C10H13I2N3. The van der Waals surface area contributed by atoms with Crippen molar-refractivity contribution >= 4 is 48.3 Å². The molecule has 0 radical (unpaired) electrons. The van der Waals surface area contributed by atoms with Crippen molar-refractivity contribution in [2.75, 3.05) is 0 Å². The average Bonchev–Trinajstić information content (AvgIpc) is 2.75. The third-order valence-electron chi connectivity index (χ3n) is 2.95. The maximum atomic E-state index is 4.14. The van der Waals surface area contributed by atoms with E-state index < -0.39 is 0 Å². The van der Waals surface area contributed by atoms with Crippen LogP contribution in [0.5, 0.6) is 0 Å². The molecule has 1 aromatic heterocycles. The fraction of sp³-hybridized carbons (Fsp3) is 0.400. The smallest absolute Gasteiger partial charge is 0.116 e. The second-order valence-electron chi connectivity index (χ2n) is 3.52. The summed E-state index contributed by atoms with van der Waals surface area (Å²) in [5, 5.41) is 11.0. The first kappa shape index (κ1) is 13.1. The molecule has 0 bridgehead atoms. The van der Waals surface area contributed by atoms with Crippen LogP contribution >= 0.6 is 37.2 Å². The second-order valence-corrected chi connectivity index (χ2v) is 3.52. The van der Waals surface area contributed by atoms with Gasteiger partial charge in [-0.05, 0) is 49.9 Å². The maximum absolute atomic E-state index is 4.14. The number of hydrogen-bond donors (Lipinski definition) is 1. The zero-order valence-electron chi connectivity index (χ0n) is 9.15. The lowest BCUT2D eigenvalue weighted by molar-refractivity contribution is 0.957. The molecule has 0 spiro atoms. The van der Waals surface area contributed by atoms with E-state index in [-0.39, 0.29) is 0 Å². The molecule has 2 rings (SSSR count). The Balaban J connectivity index is 0.000000531. The number of nitrogens with one attached hydrogen (secondary N) is 1. The van der Waals surface area contributed by atoms with Gasteiger partial charge in [0, 0.05) is 37.2 Å². The number of aromatic amines is 1. The molecule has 0 atom stereocenters. The predicted octanol–water partition coefficient (Wildman–Crippen LogP) is 3.96. The van der Waals surface area contributed by atoms with Crippen molar-refractivity contribution in [1.82, 2.24) is 15.4 Å². The summed E-state index contributed by atoms with van der Waals surface area (Å²) in [6.45, 7) is 8.44. The Morgan fingerprint density at radius 1 is 0.733 bits per heavy atom. The minimum absolute atomic E-state index is 1.00. The van der Waals surface area contributed by atoms with Crippen LogP contribution in [-0.4, -0.2) is 15.4 Å². The van der Waals surface area contributed by atoms with Crippen LogP contribution in [0.3, 0.4) is 0 Å². The molecule has 0 saturated carbocycles. The average molecular weight is 429 g/mol. The molecule has 0 fully saturated rings. The summed E-state index contributed by atoms with van der Waals surface area (Å²) in [6.07, 6.45) is 0. The SMILES string of the molecule is Cc1c(C)c(C)c2n[nH]nc2c1C.II. The number of benzene rings is 1. The van der Waals surface area contributed by atoms with E-state index in [9.17, 15) is 0 Å². The van der Waals surface area contributed by atoms with E-state index in [1.54, 1.807) is 0 Å². The molecule has 1 heterocycles. The van der Waals surface area contributed by atoms with E-state index in [0.29, 0.717) is 0 Å². The van der Waals surface area contributed by atoms with Gasteiger partial charge < -0.3 is 0 Å². The van der Waals surface area contributed by atoms with Gasteiger partial charge >= 0.3 is 0 Å². The van der Waals surface area contributed by atoms with Crippen LogP contribution in [0.2, 0.25) is 0 Å². The van der Waals surface area contributed by atoms with E-state index in [1.807, 2.05) is 0 Å². The number of aromatic nitrogens is 3. The van der Waals surface area contributed by atoms with E-state index >= 15 is 0 Å². The third-order valence-corrected chi connectivity index (χ3v) is 2.95. The summed E-state index contributed by atoms with van der Waals surface area (Å²) in [6, 6.07) is 0. The summed E-state index contributed by atoms with van der Waals surface area (Å²) in [7, 11) is 0. The van der Waals surface area contributed by atoms with Gasteiger partial charge in [-0.15, -0.1) is 0 Å². The number of aryl methyl sites for hydroxylation is 2. The molecule has 0 unspecified atom stereocenters. The van der Waals surface area contributed by atoms with Gasteiger partial charge in [0.05, 0.1) is 0 Å². The fourth-order valence-electron chi connectivity index (χ4n) is 1.67. The lowest BCUT2D eigenvalue weighted by atomic mass is 9.98. The van der Waals surface area contributed by atoms with Gasteiger partial charge in [0.1, 0.15) is 11.0 Å². The Hall–Kier alpha value is 0.0800. The second kappa shape index (κ2) is 5.42. The van der Waals surface area contributed by atoms with Crippen LogP contribution in [-0.2, 0) is 0 Å². The van der Waals surface area contributed by atoms with Crippen molar-refractivity contribution < 1.29 is 0 Å². The zero-order chi connectivity index (χ0) is 11.6. The first-order valence-corrected chi connectivity index (χ1v) is 10.8. The summed E-state index contributed by atoms with van der Waals surface area (Å²) in [5.74, 6) is 0. The minimum Gasteiger partial charge on any atom is -0.197 e. The molecule has 82 valence electrons. The molecule has 0 aliphatic rings. The maximum Gasteiger partial charge on any atom is 0.116 e. The molecule has 1 aromatic carbocycles. The van der Waals surface area contributed by atoms with Gasteiger partial charge in [0.25, 0.3) is 0 Å². The summed E-state index contributed by atoms with van der Waals surface area (Å²) in [4.78, 5) is 0. The topological polar surface area (TPSA) is 41.6 Å². The molecule has 1 N–H and O–H groups in total. The Morgan fingerprint density at radius 2 is 1.07 bits per heavy atom. The largest absolute Gasteiger partial charge is 0.197 e. The normalized spacial score (nSPS) is 10.0. The van der Waals surface area contributed by atoms with Gasteiger partial charge in [-0.25, -0.2) is 0 Å². The molecule has 2 aromatic rings. The highest BCUT2D eigenvalue weighted by molar-refractivity contribution is 15.0. The quantitative estimate of drug-likeness (QED) is 0.645. The molecule has 0 saturated heterocycles. The number of halogens is 2. The van der Waals surface area contributed by atoms with Crippen molar-refractivity contribution in [2.45, 2.75) is 27.7 Å². The van der Waals surface area contributed by atoms with Crippen LogP contribution in [0.15, 0.2) is 0 Å². The predicted molar refractivity (Wildman–Crippen MR) is 80.9 cm³/mol. The van der Waals surface area contributed by atoms with Crippen LogP contribution in [0.1, 0.15) is 22.3 Å². The lowest BCUT2D eigenvalue weighted by Crippen LogP contribution is -1.92. The van der Waals surface area contributed by atoms with Crippen molar-refractivity contribution in [3.05, 3.63) is 22.3 Å². The molecular weight excluding hydrogens is 416 g/mol. The number of hydrogen-bond acceptors (Lipinski definition) is 2. The van der Waals surface area contributed by atoms with Crippen LogP contribution < -0.4 is 0 Å². The Labute approximate surface area is 113 Å². The van der Waals surface area contributed by atoms with Gasteiger partial charge in [-0.1, -0.05) is 0 Å². The standard InChI is InChI=1S/C10H13N3.I2/c1-5-6(2)8(4)10-9(7(5)3)11-13-12-10;1-2/h1-4H3,(H,11,12,13);. The monoisotopic (exact) mass is 429 g/mol. The van der Waals surface area contributed by atoms with Gasteiger partial charge in [0.2, 0.25) is 0 Å². The summed E-state index contributed by atoms with van der Waals surface area (Å²) < 4.78 is 0. The Kier molecular flexibility index (Phi) is 4.75. The molecule has 0 aliphatic heterocycles. The molecule has 3 nitrogen and oxygen atoms in total. The molecule has 0 amide bonds.